The summed E-state index contributed by atoms with van der Waals surface area (Å²) in [5, 5.41) is 0.120. The number of carbonyl (C=O) groups excluding carboxylic acids is 1. The van der Waals surface area contributed by atoms with Crippen molar-refractivity contribution in [3.8, 4) is 11.5 Å². The lowest BCUT2D eigenvalue weighted by Gasteiger charge is -2.25. The zero-order valence-electron chi connectivity index (χ0n) is 21.5. The Hall–Kier alpha value is -4.13. The molecule has 6 nitrogen and oxygen atoms in total. The second kappa shape index (κ2) is 11.1. The molecule has 0 saturated carbocycles. The van der Waals surface area contributed by atoms with Crippen LogP contribution in [-0.4, -0.2) is 31.1 Å². The fourth-order valence-corrected chi connectivity index (χ4v) is 4.90. The van der Waals surface area contributed by atoms with Crippen LogP contribution in [0, 0.1) is 5.82 Å². The van der Waals surface area contributed by atoms with Crippen molar-refractivity contribution in [1.29, 1.82) is 0 Å². The first-order chi connectivity index (χ1) is 18.5. The number of carbonyl (C=O) groups is 1. The molecule has 0 aliphatic carbocycles. The van der Waals surface area contributed by atoms with E-state index in [1.54, 1.807) is 12.0 Å². The van der Waals surface area contributed by atoms with Crippen molar-refractivity contribution in [2.45, 2.75) is 38.6 Å². The predicted molar refractivity (Wildman–Crippen MR) is 143 cm³/mol. The second-order valence-electron chi connectivity index (χ2n) is 9.44. The minimum atomic E-state index is -0.659. The van der Waals surface area contributed by atoms with E-state index in [1.165, 1.54) is 12.1 Å². The molecule has 1 aliphatic heterocycles. The van der Waals surface area contributed by atoms with E-state index in [-0.39, 0.29) is 28.2 Å². The maximum Gasteiger partial charge on any atom is 0.290 e. The first-order valence-corrected chi connectivity index (χ1v) is 12.9. The molecule has 1 aliphatic rings. The summed E-state index contributed by atoms with van der Waals surface area (Å²) in [5.41, 5.74) is 1.81. The fraction of sp³-hybridized carbons (Fsp3) is 0.290. The molecule has 0 saturated heterocycles. The smallest absolute Gasteiger partial charge is 0.290 e. The molecule has 1 unspecified atom stereocenters. The van der Waals surface area contributed by atoms with Gasteiger partial charge in [-0.15, -0.1) is 0 Å². The average molecular weight is 516 g/mol. The summed E-state index contributed by atoms with van der Waals surface area (Å²) in [5.74, 6) is 0.593. The van der Waals surface area contributed by atoms with Crippen LogP contribution >= 0.6 is 0 Å². The van der Waals surface area contributed by atoms with E-state index >= 15 is 0 Å². The molecule has 3 aromatic carbocycles. The second-order valence-corrected chi connectivity index (χ2v) is 9.44. The molecule has 1 aromatic heterocycles. The van der Waals surface area contributed by atoms with Gasteiger partial charge in [-0.1, -0.05) is 44.0 Å². The van der Waals surface area contributed by atoms with Gasteiger partial charge in [0.2, 0.25) is 5.76 Å². The number of hydrogen-bond acceptors (Lipinski definition) is 5. The summed E-state index contributed by atoms with van der Waals surface area (Å²) in [7, 11) is 1.61. The zero-order valence-corrected chi connectivity index (χ0v) is 21.5. The van der Waals surface area contributed by atoms with Crippen LogP contribution in [0.4, 0.5) is 4.39 Å². The van der Waals surface area contributed by atoms with Crippen LogP contribution in [0.2, 0.25) is 0 Å². The minimum absolute atomic E-state index is 0.00808. The highest BCUT2D eigenvalue weighted by molar-refractivity contribution is 5.99. The first-order valence-electron chi connectivity index (χ1n) is 12.9. The number of rotatable bonds is 10. The Morgan fingerprint density at radius 1 is 0.947 bits per heavy atom. The van der Waals surface area contributed by atoms with Gasteiger partial charge in [-0.05, 0) is 66.4 Å². The average Bonchev–Trinajstić information content (AvgIpc) is 3.22. The van der Waals surface area contributed by atoms with Gasteiger partial charge in [0.15, 0.2) is 5.43 Å². The Bertz CT molecular complexity index is 1490. The van der Waals surface area contributed by atoms with E-state index in [1.807, 2.05) is 48.5 Å². The van der Waals surface area contributed by atoms with E-state index in [4.69, 9.17) is 13.9 Å². The molecule has 1 amide bonds. The third-order valence-corrected chi connectivity index (χ3v) is 6.94. The molecule has 0 N–H and O–H groups in total. The lowest BCUT2D eigenvalue weighted by atomic mass is 9.98. The molecule has 0 spiro atoms. The Balaban J connectivity index is 1.50. The van der Waals surface area contributed by atoms with E-state index < -0.39 is 17.3 Å². The third kappa shape index (κ3) is 5.01. The van der Waals surface area contributed by atoms with Crippen molar-refractivity contribution < 1.29 is 23.1 Å². The molecule has 1 atom stereocenters. The van der Waals surface area contributed by atoms with E-state index in [2.05, 4.69) is 6.92 Å². The number of methoxy groups -OCH3 is 1. The lowest BCUT2D eigenvalue weighted by molar-refractivity contribution is 0.0730. The van der Waals surface area contributed by atoms with Gasteiger partial charge >= 0.3 is 0 Å². The van der Waals surface area contributed by atoms with Crippen molar-refractivity contribution in [1.82, 2.24) is 4.90 Å². The topological polar surface area (TPSA) is 69.0 Å². The van der Waals surface area contributed by atoms with Crippen LogP contribution in [0.25, 0.3) is 11.0 Å². The molecular weight excluding hydrogens is 485 g/mol. The van der Waals surface area contributed by atoms with Crippen LogP contribution in [0.3, 0.4) is 0 Å². The summed E-state index contributed by atoms with van der Waals surface area (Å²) in [6.45, 7) is 3.14. The highest BCUT2D eigenvalue weighted by Crippen LogP contribution is 2.38. The fourth-order valence-electron chi connectivity index (χ4n) is 4.90. The quantitative estimate of drug-likeness (QED) is 0.232. The molecule has 0 bridgehead atoms. The largest absolute Gasteiger partial charge is 0.497 e. The van der Waals surface area contributed by atoms with Gasteiger partial charge in [0, 0.05) is 6.54 Å². The lowest BCUT2D eigenvalue weighted by Crippen LogP contribution is -2.31. The van der Waals surface area contributed by atoms with Crippen LogP contribution in [0.15, 0.2) is 75.9 Å². The molecule has 4 aromatic rings. The molecule has 7 heteroatoms. The first kappa shape index (κ1) is 25.5. The summed E-state index contributed by atoms with van der Waals surface area (Å²) < 4.78 is 31.0. The van der Waals surface area contributed by atoms with Gasteiger partial charge in [0.25, 0.3) is 5.91 Å². The number of ether oxygens (including phenoxy) is 2. The number of unbranched alkanes of at least 4 members (excludes halogenated alkanes) is 2. The molecular formula is C31H30FNO5. The summed E-state index contributed by atoms with van der Waals surface area (Å²) in [6, 6.07) is 18.2. The van der Waals surface area contributed by atoms with Crippen molar-refractivity contribution >= 4 is 16.9 Å². The molecule has 2 heterocycles. The maximum atomic E-state index is 14.0. The Morgan fingerprint density at radius 3 is 2.39 bits per heavy atom. The third-order valence-electron chi connectivity index (χ3n) is 6.94. The predicted octanol–water partition coefficient (Wildman–Crippen LogP) is 6.30. The zero-order chi connectivity index (χ0) is 26.6. The molecule has 38 heavy (non-hydrogen) atoms. The van der Waals surface area contributed by atoms with Crippen molar-refractivity contribution in [2.24, 2.45) is 0 Å². The SMILES string of the molecule is CCCCCOc1ccc(C2c3c(oc4ccc(F)cc4c3=O)C(=O)N2CCc2ccc(OC)cc2)cc1. The number of hydrogen-bond donors (Lipinski definition) is 0. The Labute approximate surface area is 220 Å². The molecule has 196 valence electrons. The number of benzene rings is 3. The summed E-state index contributed by atoms with van der Waals surface area (Å²) in [6.07, 6.45) is 3.77. The minimum Gasteiger partial charge on any atom is -0.497 e. The van der Waals surface area contributed by atoms with Gasteiger partial charge in [0.05, 0.1) is 30.7 Å². The molecule has 0 radical (unpaired) electrons. The highest BCUT2D eigenvalue weighted by Gasteiger charge is 2.42. The Kier molecular flexibility index (Phi) is 7.45. The van der Waals surface area contributed by atoms with Gasteiger partial charge in [-0.25, -0.2) is 4.39 Å². The van der Waals surface area contributed by atoms with Gasteiger partial charge in [-0.2, -0.15) is 0 Å². The number of halogens is 1. The van der Waals surface area contributed by atoms with Gasteiger partial charge in [-0.3, -0.25) is 9.59 Å². The summed E-state index contributed by atoms with van der Waals surface area (Å²) >= 11 is 0. The van der Waals surface area contributed by atoms with Crippen LogP contribution in [-0.2, 0) is 6.42 Å². The van der Waals surface area contributed by atoms with E-state index in [0.717, 1.165) is 48.0 Å². The Morgan fingerprint density at radius 2 is 1.68 bits per heavy atom. The van der Waals surface area contributed by atoms with Crippen molar-refractivity contribution in [3.05, 3.63) is 105 Å². The van der Waals surface area contributed by atoms with E-state index in [0.29, 0.717) is 19.6 Å². The maximum absolute atomic E-state index is 14.0. The van der Waals surface area contributed by atoms with E-state index in [9.17, 15) is 14.0 Å². The highest BCUT2D eigenvalue weighted by atomic mass is 19.1. The van der Waals surface area contributed by atoms with Crippen LogP contribution in [0.1, 0.15) is 59.5 Å². The monoisotopic (exact) mass is 515 g/mol. The van der Waals surface area contributed by atoms with Gasteiger partial charge < -0.3 is 18.8 Å². The number of fused-ring (bicyclic) bond motifs is 2. The number of amides is 1. The standard InChI is InChI=1S/C31H30FNO5/c1-3-4-5-18-37-24-13-8-21(9-14-24)28-27-29(34)25-19-22(32)10-15-26(25)38-30(27)31(35)33(28)17-16-20-6-11-23(36-2)12-7-20/h6-15,19,28H,3-5,16-18H2,1-2H3. The van der Waals surface area contributed by atoms with Crippen LogP contribution in [0.5, 0.6) is 11.5 Å². The summed E-state index contributed by atoms with van der Waals surface area (Å²) in [4.78, 5) is 28.9. The van der Waals surface area contributed by atoms with Gasteiger partial charge in [0.1, 0.15) is 22.9 Å². The molecule has 0 fully saturated rings. The number of nitrogens with zero attached hydrogens (tertiary/aromatic N) is 1. The molecule has 5 rings (SSSR count). The normalized spacial score (nSPS) is 14.7. The van der Waals surface area contributed by atoms with Crippen molar-refractivity contribution in [2.75, 3.05) is 20.3 Å². The van der Waals surface area contributed by atoms with Crippen molar-refractivity contribution in [3.63, 3.8) is 0 Å². The van der Waals surface area contributed by atoms with Crippen LogP contribution < -0.4 is 14.9 Å².